The Morgan fingerprint density at radius 2 is 2.06 bits per heavy atom. The molecule has 0 aliphatic heterocycles. The van der Waals surface area contributed by atoms with Gasteiger partial charge in [0, 0.05) is 17.1 Å². The van der Waals surface area contributed by atoms with Gasteiger partial charge in [-0.3, -0.25) is 4.98 Å². The van der Waals surface area contributed by atoms with Gasteiger partial charge in [0.1, 0.15) is 10.8 Å². The molecule has 96 valence electrons. The maximum atomic E-state index is 12.8. The van der Waals surface area contributed by atoms with Crippen LogP contribution in [0.3, 0.4) is 0 Å². The Morgan fingerprint density at radius 3 is 2.61 bits per heavy atom. The number of nitrogens with zero attached hydrogens (tertiary/aromatic N) is 2. The van der Waals surface area contributed by atoms with Crippen LogP contribution in [0.25, 0.3) is 0 Å². The molecule has 2 heterocycles. The Morgan fingerprint density at radius 1 is 1.28 bits per heavy atom. The number of hydrogen-bond donors (Lipinski definition) is 1. The fourth-order valence-corrected chi connectivity index (χ4v) is 2.56. The number of pyridine rings is 1. The van der Waals surface area contributed by atoms with Crippen molar-refractivity contribution in [2.75, 3.05) is 0 Å². The fraction of sp³-hybridized carbons (Fsp3) is 0.385. The Balaban J connectivity index is 2.02. The molecule has 0 radical (unpaired) electrons. The monoisotopic (exact) mass is 265 g/mol. The lowest BCUT2D eigenvalue weighted by Gasteiger charge is -2.17. The van der Waals surface area contributed by atoms with Crippen molar-refractivity contribution < 1.29 is 4.39 Å². The third-order valence-corrected chi connectivity index (χ3v) is 3.85. The van der Waals surface area contributed by atoms with Crippen LogP contribution in [0, 0.1) is 12.7 Å². The Bertz CT molecular complexity index is 509. The normalized spacial score (nSPS) is 14.4. The third kappa shape index (κ3) is 3.11. The quantitative estimate of drug-likeness (QED) is 0.920. The predicted molar refractivity (Wildman–Crippen MR) is 71.0 cm³/mol. The molecule has 2 atom stereocenters. The van der Waals surface area contributed by atoms with Crippen LogP contribution in [0.15, 0.2) is 23.7 Å². The van der Waals surface area contributed by atoms with Crippen molar-refractivity contribution in [3.05, 3.63) is 45.9 Å². The van der Waals surface area contributed by atoms with Crippen molar-refractivity contribution >= 4 is 11.3 Å². The number of hydrogen-bond acceptors (Lipinski definition) is 4. The van der Waals surface area contributed by atoms with E-state index in [2.05, 4.69) is 22.2 Å². The number of rotatable bonds is 4. The van der Waals surface area contributed by atoms with Gasteiger partial charge < -0.3 is 5.32 Å². The minimum Gasteiger partial charge on any atom is -0.300 e. The van der Waals surface area contributed by atoms with E-state index in [4.69, 9.17) is 0 Å². The van der Waals surface area contributed by atoms with Crippen molar-refractivity contribution in [2.24, 2.45) is 0 Å². The van der Waals surface area contributed by atoms with Crippen molar-refractivity contribution in [1.82, 2.24) is 15.3 Å². The molecular weight excluding hydrogens is 249 g/mol. The number of aryl methyl sites for hydroxylation is 1. The van der Waals surface area contributed by atoms with E-state index in [1.54, 1.807) is 17.4 Å². The Hall–Kier alpha value is -1.33. The summed E-state index contributed by atoms with van der Waals surface area (Å²) in [6.07, 6.45) is 1.24. The summed E-state index contributed by atoms with van der Waals surface area (Å²) in [6.45, 7) is 6.06. The first-order valence-electron chi connectivity index (χ1n) is 5.86. The molecule has 0 spiro atoms. The van der Waals surface area contributed by atoms with Crippen LogP contribution in [-0.2, 0) is 0 Å². The average Bonchev–Trinajstić information content (AvgIpc) is 2.76. The minimum atomic E-state index is -0.311. The molecule has 0 saturated carbocycles. The van der Waals surface area contributed by atoms with Gasteiger partial charge in [0.2, 0.25) is 0 Å². The van der Waals surface area contributed by atoms with Crippen LogP contribution in [0.5, 0.6) is 0 Å². The fourth-order valence-electron chi connectivity index (χ4n) is 1.75. The van der Waals surface area contributed by atoms with Gasteiger partial charge in [0.15, 0.2) is 0 Å². The lowest BCUT2D eigenvalue weighted by atomic mass is 10.2. The molecule has 5 heteroatoms. The molecule has 0 aliphatic rings. The first-order valence-corrected chi connectivity index (χ1v) is 6.73. The first kappa shape index (κ1) is 13.1. The summed E-state index contributed by atoms with van der Waals surface area (Å²) in [5.74, 6) is -0.311. The zero-order valence-corrected chi connectivity index (χ0v) is 11.5. The van der Waals surface area contributed by atoms with Gasteiger partial charge in [-0.1, -0.05) is 0 Å². The molecule has 3 nitrogen and oxygen atoms in total. The number of thiazole rings is 1. The van der Waals surface area contributed by atoms with E-state index < -0.39 is 0 Å². The van der Waals surface area contributed by atoms with Crippen LogP contribution in [0.2, 0.25) is 0 Å². The maximum absolute atomic E-state index is 12.8. The molecule has 0 aliphatic carbocycles. The molecular formula is C13H16FN3S. The van der Waals surface area contributed by atoms with E-state index in [-0.39, 0.29) is 17.9 Å². The second-order valence-corrected chi connectivity index (χ2v) is 5.23. The van der Waals surface area contributed by atoms with E-state index >= 15 is 0 Å². The summed E-state index contributed by atoms with van der Waals surface area (Å²) in [7, 11) is 0. The standard InChI is InChI=1S/C13H16FN3S/c1-8-7-18-13(16-8)10(3)17-9(2)12-5-4-11(14)6-15-12/h4-7,9-10,17H,1-3H3. The van der Waals surface area contributed by atoms with Crippen LogP contribution in [0.4, 0.5) is 4.39 Å². The molecule has 0 aromatic carbocycles. The second-order valence-electron chi connectivity index (χ2n) is 4.34. The highest BCUT2D eigenvalue weighted by Crippen LogP contribution is 2.21. The van der Waals surface area contributed by atoms with E-state index in [0.717, 1.165) is 16.4 Å². The molecule has 18 heavy (non-hydrogen) atoms. The second kappa shape index (κ2) is 5.54. The summed E-state index contributed by atoms with van der Waals surface area (Å²) in [5, 5.41) is 6.50. The largest absolute Gasteiger partial charge is 0.300 e. The van der Waals surface area contributed by atoms with Gasteiger partial charge in [-0.2, -0.15) is 0 Å². The molecule has 2 rings (SSSR count). The highest BCUT2D eigenvalue weighted by molar-refractivity contribution is 7.09. The summed E-state index contributed by atoms with van der Waals surface area (Å²) in [5.41, 5.74) is 1.87. The minimum absolute atomic E-state index is 0.0600. The summed E-state index contributed by atoms with van der Waals surface area (Å²) in [6, 6.07) is 3.35. The predicted octanol–water partition coefficient (Wildman–Crippen LogP) is 3.40. The van der Waals surface area contributed by atoms with Gasteiger partial charge >= 0.3 is 0 Å². The molecule has 0 saturated heterocycles. The van der Waals surface area contributed by atoms with Crippen LogP contribution in [0.1, 0.15) is 42.3 Å². The van der Waals surface area contributed by atoms with Crippen molar-refractivity contribution in [2.45, 2.75) is 32.9 Å². The lowest BCUT2D eigenvalue weighted by molar-refractivity contribution is 0.482. The van der Waals surface area contributed by atoms with Gasteiger partial charge in [0.25, 0.3) is 0 Å². The topological polar surface area (TPSA) is 37.8 Å². The lowest BCUT2D eigenvalue weighted by Crippen LogP contribution is -2.23. The molecule has 1 N–H and O–H groups in total. The number of aromatic nitrogens is 2. The summed E-state index contributed by atoms with van der Waals surface area (Å²) in [4.78, 5) is 8.52. The molecule has 0 amide bonds. The first-order chi connectivity index (χ1) is 8.56. The van der Waals surface area contributed by atoms with E-state index in [1.807, 2.05) is 19.2 Å². The van der Waals surface area contributed by atoms with Crippen LogP contribution < -0.4 is 5.32 Å². The zero-order valence-electron chi connectivity index (χ0n) is 10.6. The van der Waals surface area contributed by atoms with E-state index in [1.165, 1.54) is 12.3 Å². The maximum Gasteiger partial charge on any atom is 0.141 e. The highest BCUT2D eigenvalue weighted by Gasteiger charge is 2.14. The third-order valence-electron chi connectivity index (χ3n) is 2.70. The molecule has 0 fully saturated rings. The van der Waals surface area contributed by atoms with Gasteiger partial charge in [-0.05, 0) is 32.9 Å². The molecule has 2 aromatic rings. The molecule has 2 unspecified atom stereocenters. The zero-order chi connectivity index (χ0) is 13.1. The van der Waals surface area contributed by atoms with E-state index in [0.29, 0.717) is 0 Å². The van der Waals surface area contributed by atoms with Gasteiger partial charge in [0.05, 0.1) is 17.9 Å². The van der Waals surface area contributed by atoms with Crippen molar-refractivity contribution in [3.63, 3.8) is 0 Å². The Labute approximate surface area is 110 Å². The Kier molecular flexibility index (Phi) is 4.04. The molecule has 0 bridgehead atoms. The summed E-state index contributed by atoms with van der Waals surface area (Å²) < 4.78 is 12.8. The number of nitrogens with one attached hydrogen (secondary N) is 1. The smallest absolute Gasteiger partial charge is 0.141 e. The highest BCUT2D eigenvalue weighted by atomic mass is 32.1. The average molecular weight is 265 g/mol. The van der Waals surface area contributed by atoms with Crippen molar-refractivity contribution in [1.29, 1.82) is 0 Å². The van der Waals surface area contributed by atoms with Crippen LogP contribution in [-0.4, -0.2) is 9.97 Å². The van der Waals surface area contributed by atoms with Gasteiger partial charge in [-0.25, -0.2) is 9.37 Å². The molecule has 2 aromatic heterocycles. The summed E-state index contributed by atoms with van der Waals surface area (Å²) >= 11 is 1.64. The SMILES string of the molecule is Cc1csc(C(C)NC(C)c2ccc(F)cn2)n1. The van der Waals surface area contributed by atoms with E-state index in [9.17, 15) is 4.39 Å². The number of halogens is 1. The van der Waals surface area contributed by atoms with Crippen LogP contribution >= 0.6 is 11.3 Å². The van der Waals surface area contributed by atoms with Crippen molar-refractivity contribution in [3.8, 4) is 0 Å². The van der Waals surface area contributed by atoms with Gasteiger partial charge in [-0.15, -0.1) is 11.3 Å².